The van der Waals surface area contributed by atoms with Crippen LogP contribution in [0.25, 0.3) is 0 Å². The highest BCUT2D eigenvalue weighted by molar-refractivity contribution is 5.80. The molecule has 6 heteroatoms. The van der Waals surface area contributed by atoms with Crippen LogP contribution < -0.4 is 0 Å². The van der Waals surface area contributed by atoms with Gasteiger partial charge in [0.15, 0.2) is 0 Å². The van der Waals surface area contributed by atoms with Gasteiger partial charge in [-0.2, -0.15) is 0 Å². The number of hydrogen-bond donors (Lipinski definition) is 1. The topological polar surface area (TPSA) is 64.1 Å². The Bertz CT molecular complexity index is 362. The van der Waals surface area contributed by atoms with E-state index in [1.807, 2.05) is 11.8 Å². The van der Waals surface area contributed by atoms with Gasteiger partial charge < -0.3 is 14.9 Å². The van der Waals surface area contributed by atoms with Crippen LogP contribution in [0.5, 0.6) is 0 Å². The lowest BCUT2D eigenvalue weighted by molar-refractivity contribution is -0.137. The van der Waals surface area contributed by atoms with Crippen molar-refractivity contribution in [3.05, 3.63) is 0 Å². The molecule has 1 atom stereocenters. The third-order valence-corrected chi connectivity index (χ3v) is 4.16. The Hall–Kier alpha value is -1.30. The number of carbonyl (C=O) groups excluding carboxylic acids is 1. The number of carboxylic acid groups (broad SMARTS) is 1. The number of aliphatic carboxylic acids is 1. The van der Waals surface area contributed by atoms with Gasteiger partial charge >= 0.3 is 12.0 Å². The lowest BCUT2D eigenvalue weighted by Crippen LogP contribution is -2.48. The summed E-state index contributed by atoms with van der Waals surface area (Å²) < 4.78 is 0. The van der Waals surface area contributed by atoms with Crippen LogP contribution >= 0.6 is 0 Å². The summed E-state index contributed by atoms with van der Waals surface area (Å²) in [6.45, 7) is 5.96. The highest BCUT2D eigenvalue weighted by atomic mass is 16.4. The SMILES string of the molecule is CCCN(CC(=O)O)C(=O)N1CCCN2CCCC2C1. The molecule has 0 spiro atoms. The average Bonchev–Trinajstić information content (AvgIpc) is 2.74. The molecular weight excluding hydrogens is 258 g/mol. The molecule has 1 N–H and O–H groups in total. The van der Waals surface area contributed by atoms with Crippen LogP contribution in [0.3, 0.4) is 0 Å². The van der Waals surface area contributed by atoms with Gasteiger partial charge in [0.1, 0.15) is 6.54 Å². The molecule has 0 aromatic heterocycles. The van der Waals surface area contributed by atoms with Crippen molar-refractivity contribution >= 4 is 12.0 Å². The Labute approximate surface area is 120 Å². The lowest BCUT2D eigenvalue weighted by atomic mass is 10.2. The number of hydrogen-bond acceptors (Lipinski definition) is 3. The summed E-state index contributed by atoms with van der Waals surface area (Å²) in [5.74, 6) is -0.941. The van der Waals surface area contributed by atoms with Crippen LogP contribution in [0.15, 0.2) is 0 Å². The summed E-state index contributed by atoms with van der Waals surface area (Å²) in [6, 6.07) is 0.359. The van der Waals surface area contributed by atoms with Crippen molar-refractivity contribution in [3.63, 3.8) is 0 Å². The van der Waals surface area contributed by atoms with Crippen LogP contribution in [0, 0.1) is 0 Å². The predicted octanol–water partition coefficient (Wildman–Crippen LogP) is 1.07. The molecule has 6 nitrogen and oxygen atoms in total. The zero-order chi connectivity index (χ0) is 14.5. The molecular formula is C14H25N3O3. The zero-order valence-corrected chi connectivity index (χ0v) is 12.3. The molecule has 2 heterocycles. The standard InChI is InChI=1S/C14H25N3O3/c1-2-6-16(11-13(18)19)14(20)17-9-4-8-15-7-3-5-12(15)10-17/h12H,2-11H2,1H3,(H,18,19). The molecule has 0 aromatic carbocycles. The van der Waals surface area contributed by atoms with Crippen LogP contribution in [-0.4, -0.2) is 77.1 Å². The Morgan fingerprint density at radius 3 is 2.70 bits per heavy atom. The molecule has 2 aliphatic rings. The maximum absolute atomic E-state index is 12.5. The molecule has 0 aromatic rings. The molecule has 2 aliphatic heterocycles. The first-order valence-corrected chi connectivity index (χ1v) is 7.61. The number of fused-ring (bicyclic) bond motifs is 1. The van der Waals surface area contributed by atoms with Gasteiger partial charge in [-0.25, -0.2) is 4.79 Å². The van der Waals surface area contributed by atoms with Gasteiger partial charge in [-0.3, -0.25) is 9.69 Å². The maximum Gasteiger partial charge on any atom is 0.323 e. The number of rotatable bonds is 4. The molecule has 2 rings (SSSR count). The first-order valence-electron chi connectivity index (χ1n) is 7.61. The van der Waals surface area contributed by atoms with Gasteiger partial charge in [0.05, 0.1) is 0 Å². The molecule has 2 fully saturated rings. The monoisotopic (exact) mass is 283 g/mol. The van der Waals surface area contributed by atoms with Crippen molar-refractivity contribution in [2.45, 2.75) is 38.6 Å². The van der Waals surface area contributed by atoms with E-state index in [4.69, 9.17) is 5.11 Å². The minimum absolute atomic E-state index is 0.108. The molecule has 20 heavy (non-hydrogen) atoms. The van der Waals surface area contributed by atoms with Gasteiger partial charge in [0, 0.05) is 32.2 Å². The second-order valence-electron chi connectivity index (χ2n) is 5.73. The van der Waals surface area contributed by atoms with Gasteiger partial charge in [-0.15, -0.1) is 0 Å². The number of urea groups is 1. The second kappa shape index (κ2) is 6.92. The third kappa shape index (κ3) is 3.62. The largest absolute Gasteiger partial charge is 0.480 e. The predicted molar refractivity (Wildman–Crippen MR) is 75.7 cm³/mol. The number of nitrogens with zero attached hydrogens (tertiary/aromatic N) is 3. The minimum atomic E-state index is -0.941. The van der Waals surface area contributed by atoms with E-state index < -0.39 is 5.97 Å². The van der Waals surface area contributed by atoms with Crippen LogP contribution in [0.2, 0.25) is 0 Å². The fraction of sp³-hybridized carbons (Fsp3) is 0.857. The van der Waals surface area contributed by atoms with Gasteiger partial charge in [0.2, 0.25) is 0 Å². The fourth-order valence-corrected chi connectivity index (χ4v) is 3.26. The molecule has 1 unspecified atom stereocenters. The number of carboxylic acids is 1. The van der Waals surface area contributed by atoms with Gasteiger partial charge in [-0.1, -0.05) is 6.92 Å². The highest BCUT2D eigenvalue weighted by Crippen LogP contribution is 2.21. The van der Waals surface area contributed by atoms with E-state index in [0.717, 1.165) is 45.4 Å². The lowest BCUT2D eigenvalue weighted by Gasteiger charge is -2.30. The number of carbonyl (C=O) groups is 2. The molecule has 2 amide bonds. The van der Waals surface area contributed by atoms with Gasteiger partial charge in [0.25, 0.3) is 0 Å². The van der Waals surface area contributed by atoms with E-state index >= 15 is 0 Å². The fourth-order valence-electron chi connectivity index (χ4n) is 3.26. The maximum atomic E-state index is 12.5. The van der Waals surface area contributed by atoms with Crippen molar-refractivity contribution in [2.75, 3.05) is 39.3 Å². The smallest absolute Gasteiger partial charge is 0.323 e. The summed E-state index contributed by atoms with van der Waals surface area (Å²) in [5, 5.41) is 8.94. The normalized spacial score (nSPS) is 23.2. The van der Waals surface area contributed by atoms with E-state index in [0.29, 0.717) is 12.6 Å². The summed E-state index contributed by atoms with van der Waals surface area (Å²) in [4.78, 5) is 29.2. The van der Waals surface area contributed by atoms with Crippen LogP contribution in [0.1, 0.15) is 32.6 Å². The Kier molecular flexibility index (Phi) is 5.23. The van der Waals surface area contributed by atoms with Crippen molar-refractivity contribution in [1.29, 1.82) is 0 Å². The summed E-state index contributed by atoms with van der Waals surface area (Å²) >= 11 is 0. The van der Waals surface area contributed by atoms with Crippen molar-refractivity contribution in [1.82, 2.24) is 14.7 Å². The zero-order valence-electron chi connectivity index (χ0n) is 12.3. The summed E-state index contributed by atoms with van der Waals surface area (Å²) in [5.41, 5.74) is 0. The first-order chi connectivity index (χ1) is 9.61. The molecule has 0 saturated carbocycles. The van der Waals surface area contributed by atoms with Crippen molar-refractivity contribution < 1.29 is 14.7 Å². The van der Waals surface area contributed by atoms with E-state index in [2.05, 4.69) is 4.90 Å². The molecule has 0 bridgehead atoms. The quantitative estimate of drug-likeness (QED) is 0.838. The average molecular weight is 283 g/mol. The summed E-state index contributed by atoms with van der Waals surface area (Å²) in [7, 11) is 0. The summed E-state index contributed by atoms with van der Waals surface area (Å²) in [6.07, 6.45) is 4.12. The van der Waals surface area contributed by atoms with Crippen molar-refractivity contribution in [2.24, 2.45) is 0 Å². The Morgan fingerprint density at radius 1 is 1.25 bits per heavy atom. The third-order valence-electron chi connectivity index (χ3n) is 4.16. The molecule has 0 aliphatic carbocycles. The van der Waals surface area contributed by atoms with E-state index in [9.17, 15) is 9.59 Å². The molecule has 2 saturated heterocycles. The van der Waals surface area contributed by atoms with E-state index in [1.165, 1.54) is 11.3 Å². The van der Waals surface area contributed by atoms with Crippen LogP contribution in [0.4, 0.5) is 4.79 Å². The number of amides is 2. The molecule has 0 radical (unpaired) electrons. The molecule has 114 valence electrons. The van der Waals surface area contributed by atoms with Crippen LogP contribution in [-0.2, 0) is 4.79 Å². The van der Waals surface area contributed by atoms with Gasteiger partial charge in [-0.05, 0) is 32.2 Å². The second-order valence-corrected chi connectivity index (χ2v) is 5.73. The van der Waals surface area contributed by atoms with E-state index in [1.54, 1.807) is 0 Å². The highest BCUT2D eigenvalue weighted by Gasteiger charge is 2.32. The Balaban J connectivity index is 1.99. The first kappa shape index (κ1) is 15.1. The Morgan fingerprint density at radius 2 is 2.00 bits per heavy atom. The van der Waals surface area contributed by atoms with E-state index in [-0.39, 0.29) is 12.6 Å². The minimum Gasteiger partial charge on any atom is -0.480 e. The van der Waals surface area contributed by atoms with Crippen molar-refractivity contribution in [3.8, 4) is 0 Å².